The number of hydrogen-bond donors (Lipinski definition) is 0. The van der Waals surface area contributed by atoms with E-state index >= 15 is 0 Å². The van der Waals surface area contributed by atoms with E-state index in [-0.39, 0.29) is 6.10 Å². The highest BCUT2D eigenvalue weighted by atomic mass is 79.9. The number of nitrogens with zero attached hydrogens (tertiary/aromatic N) is 2. The molecule has 1 aliphatic rings. The second kappa shape index (κ2) is 8.12. The molecule has 0 radical (unpaired) electrons. The van der Waals surface area contributed by atoms with E-state index in [1.807, 2.05) is 25.1 Å². The van der Waals surface area contributed by atoms with E-state index in [1.165, 1.54) is 0 Å². The summed E-state index contributed by atoms with van der Waals surface area (Å²) in [5, 5.41) is 0.609. The molecule has 136 valence electrons. The maximum Gasteiger partial charge on any atom is 0.139 e. The highest BCUT2D eigenvalue weighted by Crippen LogP contribution is 2.38. The number of halogens is 2. The Morgan fingerprint density at radius 2 is 2.20 bits per heavy atom. The van der Waals surface area contributed by atoms with Crippen molar-refractivity contribution in [2.45, 2.75) is 26.0 Å². The number of fused-ring (bicyclic) bond motifs is 1. The quantitative estimate of drug-likeness (QED) is 0.679. The first-order valence-corrected chi connectivity index (χ1v) is 9.68. The van der Waals surface area contributed by atoms with Gasteiger partial charge in [0.2, 0.25) is 0 Å². The van der Waals surface area contributed by atoms with Crippen molar-refractivity contribution in [1.29, 1.82) is 0 Å². The first-order chi connectivity index (χ1) is 11.9. The van der Waals surface area contributed by atoms with Crippen molar-refractivity contribution < 1.29 is 9.15 Å². The summed E-state index contributed by atoms with van der Waals surface area (Å²) in [5.74, 6) is 2.63. The number of furan rings is 1. The first kappa shape index (κ1) is 18.8. The van der Waals surface area contributed by atoms with Crippen molar-refractivity contribution in [3.63, 3.8) is 0 Å². The molecule has 0 saturated carbocycles. The van der Waals surface area contributed by atoms with Gasteiger partial charge in [0.25, 0.3) is 0 Å². The van der Waals surface area contributed by atoms with E-state index in [4.69, 9.17) is 20.8 Å². The lowest BCUT2D eigenvalue weighted by atomic mass is 10.1. The fourth-order valence-electron chi connectivity index (χ4n) is 3.10. The molecule has 0 fully saturated rings. The molecular formula is C19H24BrClN2O2. The molecule has 1 aromatic heterocycles. The van der Waals surface area contributed by atoms with Crippen LogP contribution in [0, 0.1) is 6.92 Å². The third-order valence-electron chi connectivity index (χ3n) is 4.44. The summed E-state index contributed by atoms with van der Waals surface area (Å²) in [5.41, 5.74) is 1.14. The van der Waals surface area contributed by atoms with E-state index in [2.05, 4.69) is 45.9 Å². The first-order valence-electron chi connectivity index (χ1n) is 8.51. The Balaban J connectivity index is 1.81. The lowest BCUT2D eigenvalue weighted by Crippen LogP contribution is -2.31. The Labute approximate surface area is 162 Å². The van der Waals surface area contributed by atoms with Crippen LogP contribution in [-0.4, -0.2) is 43.5 Å². The van der Waals surface area contributed by atoms with Crippen LogP contribution in [0.25, 0.3) is 0 Å². The van der Waals surface area contributed by atoms with Gasteiger partial charge < -0.3 is 14.1 Å². The molecule has 0 amide bonds. The maximum absolute atomic E-state index is 6.39. The predicted octanol–water partition coefficient (Wildman–Crippen LogP) is 4.89. The molecule has 0 aliphatic carbocycles. The van der Waals surface area contributed by atoms with Crippen LogP contribution in [0.2, 0.25) is 5.02 Å². The van der Waals surface area contributed by atoms with Crippen molar-refractivity contribution >= 4 is 27.5 Å². The normalized spacial score (nSPS) is 18.2. The number of ether oxygens (including phenoxy) is 1. The Kier molecular flexibility index (Phi) is 6.10. The molecule has 0 saturated heterocycles. The van der Waals surface area contributed by atoms with Crippen LogP contribution in [0.5, 0.6) is 5.75 Å². The largest absolute Gasteiger partial charge is 0.484 e. The van der Waals surface area contributed by atoms with E-state index in [9.17, 15) is 0 Å². The van der Waals surface area contributed by atoms with Gasteiger partial charge in [-0.15, -0.1) is 0 Å². The minimum atomic E-state index is -0.0522. The Hall–Kier alpha value is -1.01. The van der Waals surface area contributed by atoms with Gasteiger partial charge in [-0.1, -0.05) is 17.7 Å². The predicted molar refractivity (Wildman–Crippen MR) is 104 cm³/mol. The van der Waals surface area contributed by atoms with Gasteiger partial charge in [-0.05, 0) is 55.1 Å². The summed E-state index contributed by atoms with van der Waals surface area (Å²) in [6.45, 7) is 5.81. The SMILES string of the molecule is Cc1cc2c(o1)CN(CCN(C)C)CCC2Oc1cccc(Br)c1Cl. The summed E-state index contributed by atoms with van der Waals surface area (Å²) in [6, 6.07) is 7.86. The van der Waals surface area contributed by atoms with Crippen molar-refractivity contribution in [3.8, 4) is 5.75 Å². The fraction of sp³-hybridized carbons (Fsp3) is 0.474. The molecule has 25 heavy (non-hydrogen) atoms. The molecule has 1 aromatic carbocycles. The van der Waals surface area contributed by atoms with Crippen LogP contribution in [0.4, 0.5) is 0 Å². The smallest absolute Gasteiger partial charge is 0.139 e. The number of likely N-dealkylation sites (N-methyl/N-ethyl adjacent to an activating group) is 1. The summed E-state index contributed by atoms with van der Waals surface area (Å²) in [7, 11) is 4.20. The van der Waals surface area contributed by atoms with E-state index < -0.39 is 0 Å². The molecule has 1 aliphatic heterocycles. The van der Waals surface area contributed by atoms with Crippen LogP contribution in [0.15, 0.2) is 33.2 Å². The zero-order valence-corrected chi connectivity index (χ0v) is 17.2. The molecule has 2 heterocycles. The number of benzene rings is 1. The van der Waals surface area contributed by atoms with Crippen LogP contribution in [0.1, 0.15) is 29.6 Å². The zero-order chi connectivity index (χ0) is 18.0. The molecule has 0 N–H and O–H groups in total. The summed E-state index contributed by atoms with van der Waals surface area (Å²) >= 11 is 9.85. The standard InChI is InChI=1S/C19H24BrClN2O2/c1-13-11-14-16(25-17-6-4-5-15(20)19(17)21)7-8-23(10-9-22(2)3)12-18(14)24-13/h4-6,11,16H,7-10,12H2,1-3H3. The van der Waals surface area contributed by atoms with E-state index in [0.717, 1.165) is 54.2 Å². The van der Waals surface area contributed by atoms with Crippen LogP contribution < -0.4 is 4.74 Å². The van der Waals surface area contributed by atoms with Crippen molar-refractivity contribution in [3.05, 3.63) is 50.8 Å². The molecule has 4 nitrogen and oxygen atoms in total. The van der Waals surface area contributed by atoms with Gasteiger partial charge in [0.15, 0.2) is 0 Å². The Morgan fingerprint density at radius 3 is 2.96 bits per heavy atom. The lowest BCUT2D eigenvalue weighted by Gasteiger charge is -2.22. The fourth-order valence-corrected chi connectivity index (χ4v) is 3.62. The van der Waals surface area contributed by atoms with Gasteiger partial charge in [0.05, 0.1) is 11.6 Å². The van der Waals surface area contributed by atoms with E-state index in [0.29, 0.717) is 10.8 Å². The summed E-state index contributed by atoms with van der Waals surface area (Å²) in [6.07, 6.45) is 0.853. The number of rotatable bonds is 5. The Morgan fingerprint density at radius 1 is 1.40 bits per heavy atom. The minimum absolute atomic E-state index is 0.0522. The molecule has 6 heteroatoms. The topological polar surface area (TPSA) is 28.9 Å². The lowest BCUT2D eigenvalue weighted by molar-refractivity contribution is 0.168. The average Bonchev–Trinajstić information content (AvgIpc) is 2.85. The highest BCUT2D eigenvalue weighted by Gasteiger charge is 2.27. The summed E-state index contributed by atoms with van der Waals surface area (Å²) < 4.78 is 13.1. The molecule has 1 atom stereocenters. The molecule has 3 rings (SSSR count). The van der Waals surface area contributed by atoms with Crippen LogP contribution >= 0.6 is 27.5 Å². The Bertz CT molecular complexity index is 732. The highest BCUT2D eigenvalue weighted by molar-refractivity contribution is 9.10. The third kappa shape index (κ3) is 4.59. The molecular weight excluding hydrogens is 404 g/mol. The number of aryl methyl sites for hydroxylation is 1. The van der Waals surface area contributed by atoms with Gasteiger partial charge in [-0.3, -0.25) is 4.90 Å². The van der Waals surface area contributed by atoms with Gasteiger partial charge in [-0.25, -0.2) is 0 Å². The minimum Gasteiger partial charge on any atom is -0.484 e. The van der Waals surface area contributed by atoms with Gasteiger partial charge >= 0.3 is 0 Å². The van der Waals surface area contributed by atoms with Crippen LogP contribution in [0.3, 0.4) is 0 Å². The van der Waals surface area contributed by atoms with Gasteiger partial charge in [0.1, 0.15) is 23.4 Å². The van der Waals surface area contributed by atoms with Crippen molar-refractivity contribution in [2.24, 2.45) is 0 Å². The molecule has 0 spiro atoms. The third-order valence-corrected chi connectivity index (χ3v) is 5.71. The maximum atomic E-state index is 6.39. The average molecular weight is 428 g/mol. The molecule has 0 bridgehead atoms. The molecule has 1 unspecified atom stereocenters. The van der Waals surface area contributed by atoms with Crippen molar-refractivity contribution in [2.75, 3.05) is 33.7 Å². The zero-order valence-electron chi connectivity index (χ0n) is 14.9. The van der Waals surface area contributed by atoms with E-state index in [1.54, 1.807) is 0 Å². The van der Waals surface area contributed by atoms with Crippen LogP contribution in [-0.2, 0) is 6.54 Å². The van der Waals surface area contributed by atoms with Crippen molar-refractivity contribution in [1.82, 2.24) is 9.80 Å². The second-order valence-electron chi connectivity index (χ2n) is 6.76. The van der Waals surface area contributed by atoms with Gasteiger partial charge in [0, 0.05) is 36.1 Å². The molecule has 2 aromatic rings. The van der Waals surface area contributed by atoms with Gasteiger partial charge in [-0.2, -0.15) is 0 Å². The summed E-state index contributed by atoms with van der Waals surface area (Å²) in [4.78, 5) is 4.63. The number of hydrogen-bond acceptors (Lipinski definition) is 4. The monoisotopic (exact) mass is 426 g/mol. The second-order valence-corrected chi connectivity index (χ2v) is 7.99.